The molecule has 0 saturated heterocycles. The van der Waals surface area contributed by atoms with Crippen LogP contribution in [0.15, 0.2) is 103 Å². The fourth-order valence-corrected chi connectivity index (χ4v) is 3.76. The van der Waals surface area contributed by atoms with Crippen molar-refractivity contribution in [2.24, 2.45) is 0 Å². The molecule has 0 unspecified atom stereocenters. The Morgan fingerprint density at radius 1 is 0.622 bits per heavy atom. The van der Waals surface area contributed by atoms with Crippen LogP contribution >= 0.6 is 0 Å². The molecule has 0 N–H and O–H groups in total. The van der Waals surface area contributed by atoms with Gasteiger partial charge in [-0.15, -0.1) is 53.6 Å². The monoisotopic (exact) mass is 673 g/mol. The van der Waals surface area contributed by atoms with Crippen molar-refractivity contribution in [3.05, 3.63) is 132 Å². The van der Waals surface area contributed by atoms with Crippen LogP contribution in [-0.4, -0.2) is 9.97 Å². The third-order valence-corrected chi connectivity index (χ3v) is 5.63. The Bertz CT molecular complexity index is 1310. The zero-order chi connectivity index (χ0) is 25.2. The van der Waals surface area contributed by atoms with Crippen molar-refractivity contribution in [1.29, 1.82) is 0 Å². The van der Waals surface area contributed by atoms with Gasteiger partial charge in [0, 0.05) is 32.5 Å². The molecular formula is C31H23F3IrN2-2. The molecule has 2 heterocycles. The zero-order valence-corrected chi connectivity index (χ0v) is 22.2. The summed E-state index contributed by atoms with van der Waals surface area (Å²) >= 11 is 0. The second-order valence-electron chi connectivity index (χ2n) is 7.84. The van der Waals surface area contributed by atoms with Gasteiger partial charge in [0.15, 0.2) is 0 Å². The van der Waals surface area contributed by atoms with Gasteiger partial charge < -0.3 is 9.97 Å². The van der Waals surface area contributed by atoms with Gasteiger partial charge in [0.2, 0.25) is 0 Å². The zero-order valence-electron chi connectivity index (χ0n) is 19.8. The Balaban J connectivity index is 0.000000200. The fraction of sp³-hybridized carbons (Fsp3) is 0.0968. The number of aromatic nitrogens is 2. The van der Waals surface area contributed by atoms with Gasteiger partial charge in [-0.2, -0.15) is 0 Å². The Kier molecular flexibility index (Phi) is 10.8. The Labute approximate surface area is 228 Å². The van der Waals surface area contributed by atoms with E-state index in [0.717, 1.165) is 16.8 Å². The SMILES string of the molecule is FCc1c[c-]c(-c2ccccn2)c(CF)c1CF.[Ir].[c-]1ccccc1-c1ccc(-c2ccccc2)cn1. The summed E-state index contributed by atoms with van der Waals surface area (Å²) in [5.74, 6) is 0. The van der Waals surface area contributed by atoms with Crippen LogP contribution < -0.4 is 0 Å². The average molecular weight is 673 g/mol. The van der Waals surface area contributed by atoms with E-state index in [1.807, 2.05) is 54.7 Å². The van der Waals surface area contributed by atoms with Gasteiger partial charge in [0.25, 0.3) is 0 Å². The van der Waals surface area contributed by atoms with Crippen LogP contribution in [0.25, 0.3) is 33.6 Å². The molecule has 0 fully saturated rings. The molecule has 0 spiro atoms. The second kappa shape index (κ2) is 14.2. The predicted octanol–water partition coefficient (Wildman–Crippen LogP) is 8.17. The van der Waals surface area contributed by atoms with E-state index in [2.05, 4.69) is 40.3 Å². The number of pyridine rings is 2. The average Bonchev–Trinajstić information content (AvgIpc) is 2.98. The largest absolute Gasteiger partial charge is 0.305 e. The molecule has 0 aliphatic heterocycles. The Morgan fingerprint density at radius 2 is 1.38 bits per heavy atom. The molecule has 0 amide bonds. The van der Waals surface area contributed by atoms with Crippen LogP contribution in [0.4, 0.5) is 13.2 Å². The molecule has 189 valence electrons. The van der Waals surface area contributed by atoms with Crippen LogP contribution in [0.1, 0.15) is 16.7 Å². The van der Waals surface area contributed by atoms with Gasteiger partial charge in [-0.05, 0) is 28.6 Å². The molecule has 0 bridgehead atoms. The van der Waals surface area contributed by atoms with Crippen LogP contribution in [0.3, 0.4) is 0 Å². The van der Waals surface area contributed by atoms with Crippen LogP contribution in [0, 0.1) is 12.1 Å². The van der Waals surface area contributed by atoms with Gasteiger partial charge >= 0.3 is 0 Å². The molecule has 1 radical (unpaired) electrons. The van der Waals surface area contributed by atoms with Gasteiger partial charge in [-0.25, -0.2) is 4.39 Å². The summed E-state index contributed by atoms with van der Waals surface area (Å²) in [5.41, 5.74) is 5.54. The van der Waals surface area contributed by atoms with E-state index in [0.29, 0.717) is 11.3 Å². The molecule has 0 atom stereocenters. The standard InChI is InChI=1S/C17H12N.C14H11F3N.Ir/c1-3-7-14(8-4-1)16-11-12-17(18-13-16)15-9-5-2-6-10-15;15-7-10-4-5-11(13(9-17)12(10)8-16)14-3-1-2-6-18-14;/h1-9,11-13H;1-4,6H,7-9H2;/q2*-1;. The number of halogens is 3. The van der Waals surface area contributed by atoms with Crippen molar-refractivity contribution < 1.29 is 33.3 Å². The Hall–Kier alpha value is -3.60. The molecule has 0 aliphatic carbocycles. The van der Waals surface area contributed by atoms with Crippen molar-refractivity contribution in [2.45, 2.75) is 20.0 Å². The molecular weight excluding hydrogens is 650 g/mol. The number of alkyl halides is 3. The number of benzene rings is 3. The molecule has 3 aromatic carbocycles. The predicted molar refractivity (Wildman–Crippen MR) is 137 cm³/mol. The molecule has 6 heteroatoms. The molecule has 37 heavy (non-hydrogen) atoms. The number of nitrogens with zero attached hydrogens (tertiary/aromatic N) is 2. The summed E-state index contributed by atoms with van der Waals surface area (Å²) in [4.78, 5) is 8.57. The molecule has 0 aliphatic rings. The van der Waals surface area contributed by atoms with E-state index >= 15 is 0 Å². The van der Waals surface area contributed by atoms with Crippen LogP contribution in [0.2, 0.25) is 0 Å². The van der Waals surface area contributed by atoms with Crippen LogP contribution in [0.5, 0.6) is 0 Å². The summed E-state index contributed by atoms with van der Waals surface area (Å²) in [5, 5.41) is 0. The normalized spacial score (nSPS) is 10.1. The quantitative estimate of drug-likeness (QED) is 0.170. The minimum absolute atomic E-state index is 0. The number of rotatable bonds is 6. The third-order valence-electron chi connectivity index (χ3n) is 5.63. The third kappa shape index (κ3) is 7.00. The topological polar surface area (TPSA) is 25.8 Å². The van der Waals surface area contributed by atoms with E-state index < -0.39 is 20.0 Å². The van der Waals surface area contributed by atoms with Crippen molar-refractivity contribution in [2.75, 3.05) is 0 Å². The van der Waals surface area contributed by atoms with E-state index in [4.69, 9.17) is 0 Å². The van der Waals surface area contributed by atoms with E-state index in [1.165, 1.54) is 11.6 Å². The van der Waals surface area contributed by atoms with Gasteiger partial charge in [0.1, 0.15) is 0 Å². The molecule has 2 nitrogen and oxygen atoms in total. The maximum atomic E-state index is 13.1. The first kappa shape index (κ1) is 28.0. The van der Waals surface area contributed by atoms with Gasteiger partial charge in [-0.1, -0.05) is 71.3 Å². The first-order valence-electron chi connectivity index (χ1n) is 11.4. The summed E-state index contributed by atoms with van der Waals surface area (Å²) < 4.78 is 38.7. The number of hydrogen-bond donors (Lipinski definition) is 0. The molecule has 2 aromatic heterocycles. The summed E-state index contributed by atoms with van der Waals surface area (Å²) in [7, 11) is 0. The summed E-state index contributed by atoms with van der Waals surface area (Å²) in [6.07, 6.45) is 3.47. The first-order chi connectivity index (χ1) is 17.7. The van der Waals surface area contributed by atoms with Crippen molar-refractivity contribution in [3.63, 3.8) is 0 Å². The fourth-order valence-electron chi connectivity index (χ4n) is 3.76. The van der Waals surface area contributed by atoms with E-state index in [9.17, 15) is 13.2 Å². The van der Waals surface area contributed by atoms with Crippen molar-refractivity contribution in [1.82, 2.24) is 9.97 Å². The van der Waals surface area contributed by atoms with E-state index in [1.54, 1.807) is 24.4 Å². The van der Waals surface area contributed by atoms with Gasteiger partial charge in [-0.3, -0.25) is 8.78 Å². The van der Waals surface area contributed by atoms with Crippen LogP contribution in [-0.2, 0) is 40.1 Å². The molecule has 5 aromatic rings. The number of hydrogen-bond acceptors (Lipinski definition) is 2. The minimum atomic E-state index is -0.896. The van der Waals surface area contributed by atoms with Gasteiger partial charge in [0.05, 0.1) is 20.0 Å². The molecule has 0 saturated carbocycles. The minimum Gasteiger partial charge on any atom is -0.305 e. The van der Waals surface area contributed by atoms with Crippen molar-refractivity contribution >= 4 is 0 Å². The smallest absolute Gasteiger partial charge is 0.0986 e. The van der Waals surface area contributed by atoms with E-state index in [-0.39, 0.29) is 36.8 Å². The van der Waals surface area contributed by atoms with Crippen molar-refractivity contribution in [3.8, 4) is 33.6 Å². The summed E-state index contributed by atoms with van der Waals surface area (Å²) in [6, 6.07) is 34.8. The first-order valence-corrected chi connectivity index (χ1v) is 11.4. The maximum absolute atomic E-state index is 13.1. The maximum Gasteiger partial charge on any atom is 0.0986 e. The second-order valence-corrected chi connectivity index (χ2v) is 7.84. The summed E-state index contributed by atoms with van der Waals surface area (Å²) in [6.45, 7) is -2.59. The molecule has 5 rings (SSSR count). The Morgan fingerprint density at radius 3 is 1.97 bits per heavy atom.